The molecule has 2 heterocycles. The van der Waals surface area contributed by atoms with E-state index in [0.29, 0.717) is 17.9 Å². The molecule has 27 heavy (non-hydrogen) atoms. The summed E-state index contributed by atoms with van der Waals surface area (Å²) < 4.78 is 4.66. The van der Waals surface area contributed by atoms with E-state index in [9.17, 15) is 14.4 Å². The average molecular weight is 386 g/mol. The lowest BCUT2D eigenvalue weighted by Gasteiger charge is -2.43. The summed E-state index contributed by atoms with van der Waals surface area (Å²) in [6, 6.07) is 8.39. The molecule has 2 fully saturated rings. The van der Waals surface area contributed by atoms with Crippen molar-refractivity contribution in [3.8, 4) is 0 Å². The predicted octanol–water partition coefficient (Wildman–Crippen LogP) is 2.89. The van der Waals surface area contributed by atoms with E-state index in [4.69, 9.17) is 11.6 Å². The van der Waals surface area contributed by atoms with Gasteiger partial charge in [0.25, 0.3) is 5.91 Å². The number of carbonyl (C=O) groups is 3. The fraction of sp³-hybridized carbons (Fsp3) is 0.263. The molecule has 1 aromatic heterocycles. The highest BCUT2D eigenvalue weighted by molar-refractivity contribution is 6.31. The van der Waals surface area contributed by atoms with Crippen molar-refractivity contribution in [1.82, 2.24) is 10.3 Å². The first-order valence-electron chi connectivity index (χ1n) is 8.40. The zero-order valence-electron chi connectivity index (χ0n) is 14.4. The molecule has 2 aliphatic rings. The number of methoxy groups -OCH3 is 1. The number of urea groups is 1. The van der Waals surface area contributed by atoms with E-state index in [0.717, 1.165) is 10.5 Å². The largest absolute Gasteiger partial charge is 0.465 e. The second-order valence-electron chi connectivity index (χ2n) is 6.70. The molecular weight excluding hydrogens is 370 g/mol. The monoisotopic (exact) mass is 385 g/mol. The van der Waals surface area contributed by atoms with Gasteiger partial charge in [-0.2, -0.15) is 0 Å². The van der Waals surface area contributed by atoms with Crippen LogP contribution in [0.15, 0.2) is 42.7 Å². The Bertz CT molecular complexity index is 955. The SMILES string of the molecule is COC(=O)c1cncc(N2C(=O)NC3(CC(c4ccccc4Cl)C3)C2=O)c1. The number of esters is 1. The molecule has 7 nitrogen and oxygen atoms in total. The zero-order valence-corrected chi connectivity index (χ0v) is 15.2. The lowest BCUT2D eigenvalue weighted by Crippen LogP contribution is -2.56. The van der Waals surface area contributed by atoms with Gasteiger partial charge in [0.05, 0.1) is 24.6 Å². The van der Waals surface area contributed by atoms with Gasteiger partial charge in [0.15, 0.2) is 0 Å². The van der Waals surface area contributed by atoms with Gasteiger partial charge in [-0.1, -0.05) is 29.8 Å². The maximum Gasteiger partial charge on any atom is 0.339 e. The standard InChI is InChI=1S/C19H16ClN3O4/c1-27-16(24)11-6-13(10-21-9-11)23-17(25)19(22-18(23)26)7-12(8-19)14-4-2-3-5-15(14)20/h2-6,9-10,12H,7-8H2,1H3,(H,22,26). The Morgan fingerprint density at radius 3 is 2.74 bits per heavy atom. The number of imide groups is 1. The van der Waals surface area contributed by atoms with Crippen molar-refractivity contribution < 1.29 is 19.1 Å². The highest BCUT2D eigenvalue weighted by Gasteiger charge is 2.59. The lowest BCUT2D eigenvalue weighted by molar-refractivity contribution is -0.125. The number of halogens is 1. The molecule has 1 saturated carbocycles. The number of pyridine rings is 1. The third kappa shape index (κ3) is 2.75. The second-order valence-corrected chi connectivity index (χ2v) is 7.11. The van der Waals surface area contributed by atoms with Gasteiger partial charge in [0.1, 0.15) is 5.54 Å². The average Bonchev–Trinajstić information content (AvgIpc) is 2.91. The number of carbonyl (C=O) groups excluding carboxylic acids is 3. The van der Waals surface area contributed by atoms with Crippen molar-refractivity contribution in [2.45, 2.75) is 24.3 Å². The third-order valence-electron chi connectivity index (χ3n) is 5.10. The molecule has 2 aromatic rings. The van der Waals surface area contributed by atoms with Gasteiger partial charge in [0.2, 0.25) is 0 Å². The van der Waals surface area contributed by atoms with E-state index < -0.39 is 17.5 Å². The first-order chi connectivity index (χ1) is 12.9. The molecule has 8 heteroatoms. The van der Waals surface area contributed by atoms with Gasteiger partial charge in [-0.25, -0.2) is 14.5 Å². The van der Waals surface area contributed by atoms with Crippen molar-refractivity contribution in [2.75, 3.05) is 12.0 Å². The highest BCUT2D eigenvalue weighted by atomic mass is 35.5. The van der Waals surface area contributed by atoms with E-state index >= 15 is 0 Å². The minimum Gasteiger partial charge on any atom is -0.465 e. The fourth-order valence-corrected chi connectivity index (χ4v) is 4.01. The molecule has 1 spiro atoms. The summed E-state index contributed by atoms with van der Waals surface area (Å²) in [5.74, 6) is -0.837. The topological polar surface area (TPSA) is 88.6 Å². The molecule has 0 bridgehead atoms. The minimum atomic E-state index is -0.942. The number of nitrogens with one attached hydrogen (secondary N) is 1. The second kappa shape index (κ2) is 6.35. The van der Waals surface area contributed by atoms with E-state index in [1.807, 2.05) is 24.3 Å². The summed E-state index contributed by atoms with van der Waals surface area (Å²) in [5.41, 5.74) is 0.430. The molecule has 1 saturated heterocycles. The molecule has 0 unspecified atom stereocenters. The number of benzene rings is 1. The Balaban J connectivity index is 1.57. The van der Waals surface area contributed by atoms with Crippen LogP contribution in [0.1, 0.15) is 34.7 Å². The van der Waals surface area contributed by atoms with Crippen LogP contribution in [-0.2, 0) is 9.53 Å². The first kappa shape index (κ1) is 17.5. The van der Waals surface area contributed by atoms with Crippen LogP contribution in [0.25, 0.3) is 0 Å². The molecule has 1 aliphatic heterocycles. The first-order valence-corrected chi connectivity index (χ1v) is 8.77. The summed E-state index contributed by atoms with van der Waals surface area (Å²) in [6.45, 7) is 0. The van der Waals surface area contributed by atoms with E-state index in [1.54, 1.807) is 0 Å². The van der Waals surface area contributed by atoms with Crippen molar-refractivity contribution in [3.05, 3.63) is 58.9 Å². The zero-order chi connectivity index (χ0) is 19.2. The number of nitrogens with zero attached hydrogens (tertiary/aromatic N) is 2. The molecule has 4 rings (SSSR count). The van der Waals surface area contributed by atoms with Crippen LogP contribution in [0.2, 0.25) is 5.02 Å². The number of amides is 3. The normalized spacial score (nSPS) is 23.9. The van der Waals surface area contributed by atoms with Gasteiger partial charge >= 0.3 is 12.0 Å². The molecule has 1 aliphatic carbocycles. The van der Waals surface area contributed by atoms with Crippen LogP contribution < -0.4 is 10.2 Å². The summed E-state index contributed by atoms with van der Waals surface area (Å²) in [7, 11) is 1.25. The Labute approximate surface area is 160 Å². The Morgan fingerprint density at radius 1 is 1.30 bits per heavy atom. The van der Waals surface area contributed by atoms with Crippen LogP contribution in [0, 0.1) is 0 Å². The van der Waals surface area contributed by atoms with E-state index in [2.05, 4.69) is 15.0 Å². The fourth-order valence-electron chi connectivity index (χ4n) is 3.72. The van der Waals surface area contributed by atoms with Crippen molar-refractivity contribution >= 4 is 35.2 Å². The van der Waals surface area contributed by atoms with Crippen LogP contribution in [-0.4, -0.2) is 35.5 Å². The van der Waals surface area contributed by atoms with Crippen molar-refractivity contribution in [3.63, 3.8) is 0 Å². The number of aromatic nitrogens is 1. The molecular formula is C19H16ClN3O4. The number of rotatable bonds is 3. The number of hydrogen-bond donors (Lipinski definition) is 1. The number of anilines is 1. The van der Waals surface area contributed by atoms with Crippen molar-refractivity contribution in [1.29, 1.82) is 0 Å². The predicted molar refractivity (Wildman–Crippen MR) is 97.8 cm³/mol. The third-order valence-corrected chi connectivity index (χ3v) is 5.44. The summed E-state index contributed by atoms with van der Waals surface area (Å²) in [5, 5.41) is 3.45. The number of ether oxygens (including phenoxy) is 1. The summed E-state index contributed by atoms with van der Waals surface area (Å²) in [6.07, 6.45) is 3.64. The van der Waals surface area contributed by atoms with Crippen LogP contribution >= 0.6 is 11.6 Å². The van der Waals surface area contributed by atoms with Gasteiger partial charge in [-0.3, -0.25) is 9.78 Å². The quantitative estimate of drug-likeness (QED) is 0.648. The Morgan fingerprint density at radius 2 is 2.04 bits per heavy atom. The minimum absolute atomic E-state index is 0.0995. The van der Waals surface area contributed by atoms with Crippen LogP contribution in [0.5, 0.6) is 0 Å². The van der Waals surface area contributed by atoms with E-state index in [-0.39, 0.29) is 23.1 Å². The van der Waals surface area contributed by atoms with Gasteiger partial charge in [-0.15, -0.1) is 0 Å². The van der Waals surface area contributed by atoms with E-state index in [1.165, 1.54) is 25.6 Å². The molecule has 138 valence electrons. The van der Waals surface area contributed by atoms with Gasteiger partial charge in [0, 0.05) is 11.2 Å². The maximum atomic E-state index is 13.0. The molecule has 3 amide bonds. The molecule has 1 N–H and O–H groups in total. The van der Waals surface area contributed by atoms with Crippen LogP contribution in [0.4, 0.5) is 10.5 Å². The lowest BCUT2D eigenvalue weighted by atomic mass is 9.65. The van der Waals surface area contributed by atoms with Crippen LogP contribution in [0.3, 0.4) is 0 Å². The smallest absolute Gasteiger partial charge is 0.339 e. The summed E-state index contributed by atoms with van der Waals surface area (Å²) in [4.78, 5) is 42.1. The maximum absolute atomic E-state index is 13.0. The molecule has 1 aromatic carbocycles. The molecule has 0 radical (unpaired) electrons. The van der Waals surface area contributed by atoms with Gasteiger partial charge in [-0.05, 0) is 36.5 Å². The summed E-state index contributed by atoms with van der Waals surface area (Å²) >= 11 is 6.24. The Hall–Kier alpha value is -2.93. The Kier molecular flexibility index (Phi) is 4.11. The van der Waals surface area contributed by atoms with Crippen molar-refractivity contribution in [2.24, 2.45) is 0 Å². The van der Waals surface area contributed by atoms with Gasteiger partial charge < -0.3 is 10.1 Å². The molecule has 0 atom stereocenters. The highest BCUT2D eigenvalue weighted by Crippen LogP contribution is 2.49. The number of hydrogen-bond acceptors (Lipinski definition) is 5.